The van der Waals surface area contributed by atoms with Crippen LogP contribution in [-0.2, 0) is 6.42 Å². The maximum atomic E-state index is 6.12. The van der Waals surface area contributed by atoms with Crippen molar-refractivity contribution >= 4 is 0 Å². The molecular weight excluding hydrogens is 272 g/mol. The molecule has 0 aromatic heterocycles. The molecule has 0 saturated carbocycles. The van der Waals surface area contributed by atoms with Gasteiger partial charge in [0.25, 0.3) is 0 Å². The highest BCUT2D eigenvalue weighted by Crippen LogP contribution is 2.25. The first kappa shape index (κ1) is 15.8. The summed E-state index contributed by atoms with van der Waals surface area (Å²) in [7, 11) is 0. The van der Waals surface area contributed by atoms with E-state index in [4.69, 9.17) is 4.74 Å². The van der Waals surface area contributed by atoms with Gasteiger partial charge in [-0.05, 0) is 63.9 Å². The molecule has 2 fully saturated rings. The van der Waals surface area contributed by atoms with Gasteiger partial charge in [-0.25, -0.2) is 0 Å². The molecule has 22 heavy (non-hydrogen) atoms. The minimum atomic E-state index is 0.384. The van der Waals surface area contributed by atoms with Crippen LogP contribution in [0.3, 0.4) is 0 Å². The monoisotopic (exact) mass is 302 g/mol. The van der Waals surface area contributed by atoms with E-state index in [-0.39, 0.29) is 0 Å². The van der Waals surface area contributed by atoms with Crippen molar-refractivity contribution in [2.24, 2.45) is 0 Å². The molecule has 0 N–H and O–H groups in total. The summed E-state index contributed by atoms with van der Waals surface area (Å²) < 4.78 is 6.12. The Labute approximate surface area is 135 Å². The van der Waals surface area contributed by atoms with E-state index < -0.39 is 0 Å². The van der Waals surface area contributed by atoms with Crippen molar-refractivity contribution in [3.05, 3.63) is 29.8 Å². The SMILES string of the molecule is CCc1cccc(OC2CN(C3CCN(C(C)C)CC3)C2)c1. The summed E-state index contributed by atoms with van der Waals surface area (Å²) in [6.45, 7) is 11.5. The lowest BCUT2D eigenvalue weighted by atomic mass is 9.98. The highest BCUT2D eigenvalue weighted by Gasteiger charge is 2.35. The Hall–Kier alpha value is -1.06. The van der Waals surface area contributed by atoms with E-state index in [1.54, 1.807) is 0 Å². The van der Waals surface area contributed by atoms with Crippen molar-refractivity contribution in [2.45, 2.75) is 58.2 Å². The van der Waals surface area contributed by atoms with Crippen LogP contribution in [0.5, 0.6) is 5.75 Å². The number of aryl methyl sites for hydroxylation is 1. The molecule has 0 atom stereocenters. The van der Waals surface area contributed by atoms with Crippen molar-refractivity contribution in [3.8, 4) is 5.75 Å². The quantitative estimate of drug-likeness (QED) is 0.831. The standard InChI is InChI=1S/C19H30N2O/c1-4-16-6-5-7-18(12-16)22-19-13-21(14-19)17-8-10-20(11-9-17)15(2)3/h5-7,12,15,17,19H,4,8-11,13-14H2,1-3H3. The molecule has 0 unspecified atom stereocenters. The molecule has 3 rings (SSSR count). The van der Waals surface area contributed by atoms with E-state index in [1.807, 2.05) is 0 Å². The van der Waals surface area contributed by atoms with Crippen LogP contribution < -0.4 is 4.74 Å². The van der Waals surface area contributed by atoms with Gasteiger partial charge in [0.2, 0.25) is 0 Å². The highest BCUT2D eigenvalue weighted by atomic mass is 16.5. The van der Waals surface area contributed by atoms with Crippen molar-refractivity contribution < 1.29 is 4.74 Å². The van der Waals surface area contributed by atoms with Gasteiger partial charge in [-0.15, -0.1) is 0 Å². The van der Waals surface area contributed by atoms with Crippen molar-refractivity contribution in [3.63, 3.8) is 0 Å². The molecule has 0 bridgehead atoms. The van der Waals surface area contributed by atoms with Crippen LogP contribution in [-0.4, -0.2) is 54.2 Å². The molecule has 2 aliphatic heterocycles. The smallest absolute Gasteiger partial charge is 0.124 e. The molecule has 0 spiro atoms. The summed E-state index contributed by atoms with van der Waals surface area (Å²) in [5.74, 6) is 1.04. The van der Waals surface area contributed by atoms with Crippen LogP contribution >= 0.6 is 0 Å². The summed E-state index contributed by atoms with van der Waals surface area (Å²) in [6.07, 6.45) is 4.09. The van der Waals surface area contributed by atoms with Gasteiger partial charge in [-0.2, -0.15) is 0 Å². The van der Waals surface area contributed by atoms with Gasteiger partial charge in [-0.3, -0.25) is 4.90 Å². The lowest BCUT2D eigenvalue weighted by Gasteiger charge is -2.47. The van der Waals surface area contributed by atoms with Crippen LogP contribution in [0.25, 0.3) is 0 Å². The maximum absolute atomic E-state index is 6.12. The molecule has 122 valence electrons. The third-order valence-electron chi connectivity index (χ3n) is 5.23. The summed E-state index contributed by atoms with van der Waals surface area (Å²) in [6, 6.07) is 10.0. The van der Waals surface area contributed by atoms with Gasteiger partial charge in [0, 0.05) is 25.2 Å². The fourth-order valence-corrected chi connectivity index (χ4v) is 3.64. The third kappa shape index (κ3) is 3.64. The van der Waals surface area contributed by atoms with Gasteiger partial charge in [0.1, 0.15) is 11.9 Å². The fraction of sp³-hybridized carbons (Fsp3) is 0.684. The number of benzene rings is 1. The fourth-order valence-electron chi connectivity index (χ4n) is 3.64. The van der Waals surface area contributed by atoms with E-state index in [0.29, 0.717) is 12.1 Å². The lowest BCUT2D eigenvalue weighted by molar-refractivity contribution is -0.0289. The zero-order valence-electron chi connectivity index (χ0n) is 14.3. The number of ether oxygens (including phenoxy) is 1. The van der Waals surface area contributed by atoms with Crippen molar-refractivity contribution in [1.29, 1.82) is 0 Å². The zero-order chi connectivity index (χ0) is 15.5. The van der Waals surface area contributed by atoms with E-state index in [9.17, 15) is 0 Å². The van der Waals surface area contributed by atoms with E-state index in [1.165, 1.54) is 31.5 Å². The second kappa shape index (κ2) is 7.01. The Morgan fingerprint density at radius 2 is 1.91 bits per heavy atom. The molecule has 2 saturated heterocycles. The predicted octanol–water partition coefficient (Wildman–Crippen LogP) is 3.18. The Morgan fingerprint density at radius 3 is 2.55 bits per heavy atom. The Balaban J connectivity index is 1.43. The van der Waals surface area contributed by atoms with Crippen LogP contribution in [0.2, 0.25) is 0 Å². The minimum Gasteiger partial charge on any atom is -0.488 e. The maximum Gasteiger partial charge on any atom is 0.124 e. The van der Waals surface area contributed by atoms with Gasteiger partial charge in [0.05, 0.1) is 0 Å². The first-order valence-corrected chi connectivity index (χ1v) is 8.89. The molecule has 1 aromatic rings. The van der Waals surface area contributed by atoms with Crippen molar-refractivity contribution in [1.82, 2.24) is 9.80 Å². The number of hydrogen-bond donors (Lipinski definition) is 0. The first-order chi connectivity index (χ1) is 10.7. The number of nitrogens with zero attached hydrogens (tertiary/aromatic N) is 2. The second-order valence-electron chi connectivity index (χ2n) is 7.06. The largest absolute Gasteiger partial charge is 0.488 e. The molecule has 3 heteroatoms. The highest BCUT2D eigenvalue weighted by molar-refractivity contribution is 5.28. The Morgan fingerprint density at radius 1 is 1.18 bits per heavy atom. The molecule has 2 aliphatic rings. The molecule has 0 amide bonds. The normalized spacial score (nSPS) is 22.0. The average Bonchev–Trinajstić information content (AvgIpc) is 2.51. The van der Waals surface area contributed by atoms with Crippen molar-refractivity contribution in [2.75, 3.05) is 26.2 Å². The van der Waals surface area contributed by atoms with Crippen LogP contribution in [0.15, 0.2) is 24.3 Å². The molecule has 0 radical (unpaired) electrons. The minimum absolute atomic E-state index is 0.384. The van der Waals surface area contributed by atoms with Gasteiger partial charge in [-0.1, -0.05) is 19.1 Å². The molecule has 2 heterocycles. The third-order valence-corrected chi connectivity index (χ3v) is 5.23. The molecule has 1 aromatic carbocycles. The average molecular weight is 302 g/mol. The molecular formula is C19H30N2O. The predicted molar refractivity (Wildman–Crippen MR) is 91.5 cm³/mol. The molecule has 0 aliphatic carbocycles. The number of hydrogen-bond acceptors (Lipinski definition) is 3. The second-order valence-corrected chi connectivity index (χ2v) is 7.06. The summed E-state index contributed by atoms with van der Waals surface area (Å²) in [5.41, 5.74) is 1.36. The molecule has 3 nitrogen and oxygen atoms in total. The van der Waals surface area contributed by atoms with Gasteiger partial charge in [0.15, 0.2) is 0 Å². The van der Waals surface area contributed by atoms with E-state index in [2.05, 4.69) is 54.8 Å². The number of likely N-dealkylation sites (tertiary alicyclic amines) is 2. The lowest BCUT2D eigenvalue weighted by Crippen LogP contribution is -2.60. The summed E-state index contributed by atoms with van der Waals surface area (Å²) >= 11 is 0. The van der Waals surface area contributed by atoms with Gasteiger partial charge < -0.3 is 9.64 Å². The number of rotatable bonds is 5. The summed E-state index contributed by atoms with van der Waals surface area (Å²) in [4.78, 5) is 5.21. The van der Waals surface area contributed by atoms with Crippen LogP contribution in [0.1, 0.15) is 39.2 Å². The summed E-state index contributed by atoms with van der Waals surface area (Å²) in [5, 5.41) is 0. The Kier molecular flexibility index (Phi) is 5.04. The van der Waals surface area contributed by atoms with Crippen LogP contribution in [0.4, 0.5) is 0 Å². The Bertz CT molecular complexity index is 474. The van der Waals surface area contributed by atoms with Gasteiger partial charge >= 0.3 is 0 Å². The van der Waals surface area contributed by atoms with Crippen LogP contribution in [0, 0.1) is 0 Å². The zero-order valence-corrected chi connectivity index (χ0v) is 14.3. The first-order valence-electron chi connectivity index (χ1n) is 8.89. The number of piperidine rings is 1. The van der Waals surface area contributed by atoms with E-state index >= 15 is 0 Å². The topological polar surface area (TPSA) is 15.7 Å². The van der Waals surface area contributed by atoms with E-state index in [0.717, 1.165) is 31.3 Å².